The fraction of sp³-hybridized carbons (Fsp3) is 0.500. The molecule has 0 saturated heterocycles. The van der Waals surface area contributed by atoms with Gasteiger partial charge in [0.1, 0.15) is 0 Å². The molecule has 0 radical (unpaired) electrons. The highest BCUT2D eigenvalue weighted by Gasteiger charge is 2.19. The molecule has 0 fully saturated rings. The zero-order chi connectivity index (χ0) is 10.7. The standard InChI is InChI=1S/C12H16BrNO/c1-14-8-12-10-4-2-6-11(13)9(10)5-3-7-15-12/h2,4,6,12,14H,3,5,7-8H2,1H3. The number of likely N-dealkylation sites (N-methyl/N-ethyl adjacent to an activating group) is 1. The molecule has 1 atom stereocenters. The Labute approximate surface area is 99.1 Å². The largest absolute Gasteiger partial charge is 0.372 e. The molecule has 3 heteroatoms. The van der Waals surface area contributed by atoms with Gasteiger partial charge in [-0.3, -0.25) is 0 Å². The number of fused-ring (bicyclic) bond motifs is 1. The van der Waals surface area contributed by atoms with Gasteiger partial charge in [0.25, 0.3) is 0 Å². The van der Waals surface area contributed by atoms with Gasteiger partial charge in [-0.15, -0.1) is 0 Å². The van der Waals surface area contributed by atoms with E-state index in [1.54, 1.807) is 0 Å². The number of ether oxygens (including phenoxy) is 1. The van der Waals surface area contributed by atoms with Crippen LogP contribution in [0.15, 0.2) is 22.7 Å². The van der Waals surface area contributed by atoms with Crippen molar-refractivity contribution in [2.45, 2.75) is 18.9 Å². The molecule has 1 aliphatic heterocycles. The van der Waals surface area contributed by atoms with E-state index in [0.717, 1.165) is 26.0 Å². The van der Waals surface area contributed by atoms with Crippen LogP contribution in [0.25, 0.3) is 0 Å². The van der Waals surface area contributed by atoms with Crippen LogP contribution in [-0.2, 0) is 11.2 Å². The Balaban J connectivity index is 2.36. The molecule has 0 amide bonds. The van der Waals surface area contributed by atoms with E-state index in [1.165, 1.54) is 15.6 Å². The third-order valence-corrected chi connectivity index (χ3v) is 3.52. The van der Waals surface area contributed by atoms with E-state index >= 15 is 0 Å². The van der Waals surface area contributed by atoms with E-state index in [1.807, 2.05) is 7.05 Å². The maximum absolute atomic E-state index is 5.84. The Morgan fingerprint density at radius 3 is 3.20 bits per heavy atom. The van der Waals surface area contributed by atoms with Crippen molar-refractivity contribution in [3.63, 3.8) is 0 Å². The molecule has 0 bridgehead atoms. The quantitative estimate of drug-likeness (QED) is 0.892. The number of benzene rings is 1. The first kappa shape index (κ1) is 11.1. The van der Waals surface area contributed by atoms with Crippen molar-refractivity contribution in [2.75, 3.05) is 20.2 Å². The molecule has 2 nitrogen and oxygen atoms in total. The smallest absolute Gasteiger partial charge is 0.0952 e. The fourth-order valence-electron chi connectivity index (χ4n) is 2.06. The van der Waals surface area contributed by atoms with Gasteiger partial charge in [-0.25, -0.2) is 0 Å². The van der Waals surface area contributed by atoms with Gasteiger partial charge in [0.2, 0.25) is 0 Å². The normalized spacial score (nSPS) is 20.8. The van der Waals surface area contributed by atoms with Crippen LogP contribution in [-0.4, -0.2) is 20.2 Å². The molecule has 1 N–H and O–H groups in total. The number of rotatable bonds is 2. The molecule has 1 heterocycles. The lowest BCUT2D eigenvalue weighted by atomic mass is 10.00. The summed E-state index contributed by atoms with van der Waals surface area (Å²) in [6.07, 6.45) is 2.41. The fourth-order valence-corrected chi connectivity index (χ4v) is 2.64. The van der Waals surface area contributed by atoms with Crippen LogP contribution in [0.3, 0.4) is 0 Å². The lowest BCUT2D eigenvalue weighted by Crippen LogP contribution is -2.19. The second kappa shape index (κ2) is 5.10. The van der Waals surface area contributed by atoms with E-state index in [9.17, 15) is 0 Å². The molecule has 0 saturated carbocycles. The number of nitrogens with one attached hydrogen (secondary N) is 1. The van der Waals surface area contributed by atoms with Crippen molar-refractivity contribution < 1.29 is 4.74 Å². The Hall–Kier alpha value is -0.380. The molecule has 1 unspecified atom stereocenters. The molecule has 0 aliphatic carbocycles. The van der Waals surface area contributed by atoms with Gasteiger partial charge in [0, 0.05) is 17.6 Å². The van der Waals surface area contributed by atoms with Crippen molar-refractivity contribution >= 4 is 15.9 Å². The SMILES string of the molecule is CNCC1OCCCc2c(Br)cccc21. The number of hydrogen-bond donors (Lipinski definition) is 1. The van der Waals surface area contributed by atoms with Crippen LogP contribution in [0.4, 0.5) is 0 Å². The zero-order valence-electron chi connectivity index (χ0n) is 8.92. The average molecular weight is 270 g/mol. The molecule has 0 spiro atoms. The lowest BCUT2D eigenvalue weighted by Gasteiger charge is -2.18. The van der Waals surface area contributed by atoms with Crippen molar-refractivity contribution in [2.24, 2.45) is 0 Å². The monoisotopic (exact) mass is 269 g/mol. The summed E-state index contributed by atoms with van der Waals surface area (Å²) in [4.78, 5) is 0. The van der Waals surface area contributed by atoms with Gasteiger partial charge in [-0.2, -0.15) is 0 Å². The van der Waals surface area contributed by atoms with E-state index in [4.69, 9.17) is 4.74 Å². The summed E-state index contributed by atoms with van der Waals surface area (Å²) >= 11 is 3.62. The van der Waals surface area contributed by atoms with Gasteiger partial charge < -0.3 is 10.1 Å². The molecule has 0 aromatic heterocycles. The van der Waals surface area contributed by atoms with Crippen LogP contribution in [0.5, 0.6) is 0 Å². The molecular weight excluding hydrogens is 254 g/mol. The highest BCUT2D eigenvalue weighted by molar-refractivity contribution is 9.10. The molecule has 82 valence electrons. The molecule has 1 aromatic carbocycles. The summed E-state index contributed by atoms with van der Waals surface area (Å²) in [5.74, 6) is 0. The van der Waals surface area contributed by atoms with Gasteiger partial charge in [-0.1, -0.05) is 28.1 Å². The Kier molecular flexibility index (Phi) is 3.78. The first-order valence-corrected chi connectivity index (χ1v) is 6.15. The molecule has 2 rings (SSSR count). The summed E-state index contributed by atoms with van der Waals surface area (Å²) in [5.41, 5.74) is 2.74. The third kappa shape index (κ3) is 2.41. The minimum absolute atomic E-state index is 0.199. The van der Waals surface area contributed by atoms with Crippen molar-refractivity contribution in [3.05, 3.63) is 33.8 Å². The molecule has 15 heavy (non-hydrogen) atoms. The van der Waals surface area contributed by atoms with Crippen LogP contribution in [0, 0.1) is 0 Å². The Morgan fingerprint density at radius 1 is 1.53 bits per heavy atom. The van der Waals surface area contributed by atoms with Crippen LogP contribution >= 0.6 is 15.9 Å². The second-order valence-electron chi connectivity index (χ2n) is 3.83. The van der Waals surface area contributed by atoms with Gasteiger partial charge in [0.15, 0.2) is 0 Å². The minimum Gasteiger partial charge on any atom is -0.372 e. The molecule has 1 aromatic rings. The summed E-state index contributed by atoms with van der Waals surface area (Å²) in [5, 5.41) is 3.19. The third-order valence-electron chi connectivity index (χ3n) is 2.78. The molecular formula is C12H16BrNO. The lowest BCUT2D eigenvalue weighted by molar-refractivity contribution is 0.0579. The van der Waals surface area contributed by atoms with Gasteiger partial charge >= 0.3 is 0 Å². The second-order valence-corrected chi connectivity index (χ2v) is 4.68. The summed E-state index contributed by atoms with van der Waals surface area (Å²) in [6, 6.07) is 6.37. The minimum atomic E-state index is 0.199. The van der Waals surface area contributed by atoms with E-state index in [-0.39, 0.29) is 6.10 Å². The van der Waals surface area contributed by atoms with Crippen molar-refractivity contribution in [3.8, 4) is 0 Å². The maximum Gasteiger partial charge on any atom is 0.0952 e. The van der Waals surface area contributed by atoms with Gasteiger partial charge in [-0.05, 0) is 37.1 Å². The van der Waals surface area contributed by atoms with Crippen LogP contribution in [0.2, 0.25) is 0 Å². The van der Waals surface area contributed by atoms with Crippen molar-refractivity contribution in [1.29, 1.82) is 0 Å². The summed E-state index contributed by atoms with van der Waals surface area (Å²) in [7, 11) is 1.96. The average Bonchev–Trinajstić information content (AvgIpc) is 2.43. The highest BCUT2D eigenvalue weighted by Crippen LogP contribution is 2.30. The van der Waals surface area contributed by atoms with E-state index in [2.05, 4.69) is 39.4 Å². The molecule has 1 aliphatic rings. The Morgan fingerprint density at radius 2 is 2.40 bits per heavy atom. The number of halogens is 1. The Bertz CT molecular complexity index is 340. The highest BCUT2D eigenvalue weighted by atomic mass is 79.9. The van der Waals surface area contributed by atoms with E-state index < -0.39 is 0 Å². The van der Waals surface area contributed by atoms with Gasteiger partial charge in [0.05, 0.1) is 6.10 Å². The summed E-state index contributed by atoms with van der Waals surface area (Å²) in [6.45, 7) is 1.73. The zero-order valence-corrected chi connectivity index (χ0v) is 10.5. The first-order chi connectivity index (χ1) is 7.33. The van der Waals surface area contributed by atoms with E-state index in [0.29, 0.717) is 0 Å². The summed E-state index contributed by atoms with van der Waals surface area (Å²) < 4.78 is 7.06. The first-order valence-electron chi connectivity index (χ1n) is 5.36. The van der Waals surface area contributed by atoms with Crippen LogP contribution < -0.4 is 5.32 Å². The topological polar surface area (TPSA) is 21.3 Å². The predicted molar refractivity (Wildman–Crippen MR) is 65.1 cm³/mol. The van der Waals surface area contributed by atoms with Crippen molar-refractivity contribution in [1.82, 2.24) is 5.32 Å². The maximum atomic E-state index is 5.84. The van der Waals surface area contributed by atoms with Crippen LogP contribution in [0.1, 0.15) is 23.7 Å². The number of hydrogen-bond acceptors (Lipinski definition) is 2. The predicted octanol–water partition coefficient (Wildman–Crippen LogP) is 2.67.